The first-order chi connectivity index (χ1) is 9.00. The van der Waals surface area contributed by atoms with Crippen LogP contribution in [0.25, 0.3) is 0 Å². The molecule has 1 saturated heterocycles. The van der Waals surface area contributed by atoms with E-state index in [9.17, 15) is 9.59 Å². The van der Waals surface area contributed by atoms with Crippen LogP contribution in [0.5, 0.6) is 0 Å². The average molecular weight is 269 g/mol. The van der Waals surface area contributed by atoms with Crippen molar-refractivity contribution in [3.8, 4) is 0 Å². The van der Waals surface area contributed by atoms with Crippen LogP contribution in [0, 0.1) is 5.92 Å². The molecule has 0 saturated carbocycles. The van der Waals surface area contributed by atoms with E-state index in [1.54, 1.807) is 0 Å². The van der Waals surface area contributed by atoms with Crippen LogP contribution in [-0.4, -0.2) is 34.5 Å². The Kier molecular flexibility index (Phi) is 6.89. The first-order valence-electron chi connectivity index (χ1n) is 7.52. The van der Waals surface area contributed by atoms with Gasteiger partial charge < -0.3 is 10.0 Å². The normalized spacial score (nSPS) is 19.1. The fourth-order valence-corrected chi connectivity index (χ4v) is 2.69. The Hall–Kier alpha value is -1.06. The van der Waals surface area contributed by atoms with E-state index in [1.165, 1.54) is 6.42 Å². The molecule has 0 aliphatic carbocycles. The monoisotopic (exact) mass is 269 g/mol. The highest BCUT2D eigenvalue weighted by atomic mass is 16.4. The maximum atomic E-state index is 12.1. The Balaban J connectivity index is 2.27. The topological polar surface area (TPSA) is 57.6 Å². The third-order valence-electron chi connectivity index (χ3n) is 3.81. The molecule has 1 N–H and O–H groups in total. The Morgan fingerprint density at radius 3 is 2.58 bits per heavy atom. The summed E-state index contributed by atoms with van der Waals surface area (Å²) in [4.78, 5) is 24.6. The van der Waals surface area contributed by atoms with E-state index in [2.05, 4.69) is 13.8 Å². The predicted octanol–water partition coefficient (Wildman–Crippen LogP) is 3.06. The molecule has 4 heteroatoms. The quantitative estimate of drug-likeness (QED) is 0.689. The molecule has 1 aliphatic rings. The van der Waals surface area contributed by atoms with Crippen molar-refractivity contribution < 1.29 is 14.7 Å². The minimum Gasteiger partial charge on any atom is -0.481 e. The van der Waals surface area contributed by atoms with Gasteiger partial charge in [-0.15, -0.1) is 0 Å². The van der Waals surface area contributed by atoms with Gasteiger partial charge in [-0.1, -0.05) is 13.8 Å². The van der Waals surface area contributed by atoms with Crippen molar-refractivity contribution in [3.05, 3.63) is 0 Å². The summed E-state index contributed by atoms with van der Waals surface area (Å²) in [6.45, 7) is 5.32. The molecule has 4 nitrogen and oxygen atoms in total. The number of carboxylic acid groups (broad SMARTS) is 1. The predicted molar refractivity (Wildman–Crippen MR) is 74.9 cm³/mol. The molecule has 1 fully saturated rings. The lowest BCUT2D eigenvalue weighted by atomic mass is 10.0. The van der Waals surface area contributed by atoms with Gasteiger partial charge in [0.1, 0.15) is 0 Å². The van der Waals surface area contributed by atoms with Gasteiger partial charge in [-0.05, 0) is 44.4 Å². The van der Waals surface area contributed by atoms with Gasteiger partial charge in [0.2, 0.25) is 5.91 Å². The number of nitrogens with zero attached hydrogens (tertiary/aromatic N) is 1. The van der Waals surface area contributed by atoms with E-state index in [0.717, 1.165) is 25.8 Å². The van der Waals surface area contributed by atoms with Crippen molar-refractivity contribution in [2.45, 2.75) is 71.3 Å². The van der Waals surface area contributed by atoms with Gasteiger partial charge >= 0.3 is 5.97 Å². The molecular formula is C15H27NO3. The number of carbonyl (C=O) groups is 2. The molecule has 110 valence electrons. The number of amides is 1. The molecule has 0 aromatic heterocycles. The van der Waals surface area contributed by atoms with Crippen LogP contribution >= 0.6 is 0 Å². The van der Waals surface area contributed by atoms with Crippen molar-refractivity contribution in [3.63, 3.8) is 0 Å². The van der Waals surface area contributed by atoms with Gasteiger partial charge in [-0.3, -0.25) is 9.59 Å². The molecule has 1 atom stereocenters. The standard InChI is InChI=1S/C15H27NO3/c1-12(2)9-10-13-6-5-11-16(13)14(17)7-3-4-8-15(18)19/h12-13H,3-11H2,1-2H3,(H,18,19). The first-order valence-corrected chi connectivity index (χ1v) is 7.52. The zero-order chi connectivity index (χ0) is 14.3. The number of rotatable bonds is 8. The SMILES string of the molecule is CC(C)CCC1CCCN1C(=O)CCCCC(=O)O. The number of hydrogen-bond donors (Lipinski definition) is 1. The molecule has 0 bridgehead atoms. The summed E-state index contributed by atoms with van der Waals surface area (Å²) in [6.07, 6.45) is 6.50. The maximum absolute atomic E-state index is 12.1. The molecule has 0 radical (unpaired) electrons. The first kappa shape index (κ1) is 16.0. The van der Waals surface area contributed by atoms with Crippen LogP contribution in [0.15, 0.2) is 0 Å². The van der Waals surface area contributed by atoms with Crippen LogP contribution in [0.3, 0.4) is 0 Å². The summed E-state index contributed by atoms with van der Waals surface area (Å²) in [5, 5.41) is 8.56. The Bertz CT molecular complexity index is 302. The Labute approximate surface area is 116 Å². The zero-order valence-corrected chi connectivity index (χ0v) is 12.2. The Morgan fingerprint density at radius 1 is 1.26 bits per heavy atom. The van der Waals surface area contributed by atoms with Crippen LogP contribution in [0.2, 0.25) is 0 Å². The van der Waals surface area contributed by atoms with E-state index in [0.29, 0.717) is 31.2 Å². The van der Waals surface area contributed by atoms with Crippen molar-refractivity contribution in [2.24, 2.45) is 5.92 Å². The van der Waals surface area contributed by atoms with Gasteiger partial charge in [0.05, 0.1) is 0 Å². The summed E-state index contributed by atoms with van der Waals surface area (Å²) in [6, 6.07) is 0.425. The fraction of sp³-hybridized carbons (Fsp3) is 0.867. The number of carbonyl (C=O) groups excluding carboxylic acids is 1. The number of likely N-dealkylation sites (tertiary alicyclic amines) is 1. The lowest BCUT2D eigenvalue weighted by Gasteiger charge is -2.25. The van der Waals surface area contributed by atoms with E-state index < -0.39 is 5.97 Å². The van der Waals surface area contributed by atoms with Crippen LogP contribution in [0.1, 0.15) is 65.2 Å². The summed E-state index contributed by atoms with van der Waals surface area (Å²) in [7, 11) is 0. The lowest BCUT2D eigenvalue weighted by molar-refractivity contribution is -0.137. The second-order valence-corrected chi connectivity index (χ2v) is 5.96. The van der Waals surface area contributed by atoms with E-state index in [1.807, 2.05) is 4.90 Å². The van der Waals surface area contributed by atoms with Crippen LogP contribution < -0.4 is 0 Å². The van der Waals surface area contributed by atoms with Gasteiger partial charge in [0.25, 0.3) is 0 Å². The number of hydrogen-bond acceptors (Lipinski definition) is 2. The Morgan fingerprint density at radius 2 is 1.95 bits per heavy atom. The van der Waals surface area contributed by atoms with Crippen molar-refractivity contribution in [1.82, 2.24) is 4.90 Å². The molecule has 1 unspecified atom stereocenters. The largest absolute Gasteiger partial charge is 0.481 e. The van der Waals surface area contributed by atoms with Gasteiger partial charge in [-0.2, -0.15) is 0 Å². The van der Waals surface area contributed by atoms with Crippen LogP contribution in [0.4, 0.5) is 0 Å². The zero-order valence-electron chi connectivity index (χ0n) is 12.2. The molecule has 1 amide bonds. The fourth-order valence-electron chi connectivity index (χ4n) is 2.69. The third kappa shape index (κ3) is 6.08. The van der Waals surface area contributed by atoms with Crippen molar-refractivity contribution in [1.29, 1.82) is 0 Å². The summed E-state index contributed by atoms with van der Waals surface area (Å²) in [5.41, 5.74) is 0. The molecule has 0 aromatic rings. The molecular weight excluding hydrogens is 242 g/mol. The highest BCUT2D eigenvalue weighted by Gasteiger charge is 2.27. The lowest BCUT2D eigenvalue weighted by Crippen LogP contribution is -2.35. The second kappa shape index (κ2) is 8.18. The summed E-state index contributed by atoms with van der Waals surface area (Å²) < 4.78 is 0. The summed E-state index contributed by atoms with van der Waals surface area (Å²) >= 11 is 0. The summed E-state index contributed by atoms with van der Waals surface area (Å²) in [5.74, 6) is 0.133. The molecule has 19 heavy (non-hydrogen) atoms. The minimum atomic E-state index is -0.775. The number of carboxylic acids is 1. The minimum absolute atomic E-state index is 0.171. The van der Waals surface area contributed by atoms with Crippen LogP contribution in [-0.2, 0) is 9.59 Å². The molecule has 1 rings (SSSR count). The smallest absolute Gasteiger partial charge is 0.303 e. The average Bonchev–Trinajstić information content (AvgIpc) is 2.79. The molecule has 0 spiro atoms. The van der Waals surface area contributed by atoms with E-state index in [-0.39, 0.29) is 12.3 Å². The van der Waals surface area contributed by atoms with Gasteiger partial charge in [0, 0.05) is 25.4 Å². The maximum Gasteiger partial charge on any atom is 0.303 e. The van der Waals surface area contributed by atoms with Crippen molar-refractivity contribution >= 4 is 11.9 Å². The highest BCUT2D eigenvalue weighted by Crippen LogP contribution is 2.24. The second-order valence-electron chi connectivity index (χ2n) is 5.96. The third-order valence-corrected chi connectivity index (χ3v) is 3.81. The number of unbranched alkanes of at least 4 members (excludes halogenated alkanes) is 1. The number of aliphatic carboxylic acids is 1. The van der Waals surface area contributed by atoms with Gasteiger partial charge in [0.15, 0.2) is 0 Å². The van der Waals surface area contributed by atoms with E-state index in [4.69, 9.17) is 5.11 Å². The van der Waals surface area contributed by atoms with E-state index >= 15 is 0 Å². The molecule has 0 aromatic carbocycles. The highest BCUT2D eigenvalue weighted by molar-refractivity contribution is 5.76. The molecule has 1 heterocycles. The molecule has 1 aliphatic heterocycles. The van der Waals surface area contributed by atoms with Crippen molar-refractivity contribution in [2.75, 3.05) is 6.54 Å². The van der Waals surface area contributed by atoms with Gasteiger partial charge in [-0.25, -0.2) is 0 Å².